The summed E-state index contributed by atoms with van der Waals surface area (Å²) in [4.78, 5) is 18.1. The average Bonchev–Trinajstić information content (AvgIpc) is 2.52. The molecule has 2 N–H and O–H groups in total. The highest BCUT2D eigenvalue weighted by Gasteiger charge is 2.20. The van der Waals surface area contributed by atoms with Gasteiger partial charge in [-0.3, -0.25) is 9.78 Å². The van der Waals surface area contributed by atoms with Crippen molar-refractivity contribution in [1.82, 2.24) is 4.98 Å². The summed E-state index contributed by atoms with van der Waals surface area (Å²) in [6.07, 6.45) is 1.66. The minimum Gasteiger partial charge on any atom is -0.320 e. The number of halogens is 2. The molecule has 0 unspecified atom stereocenters. The number of benzene rings is 1. The smallest absolute Gasteiger partial charge is 0.244 e. The van der Waals surface area contributed by atoms with Gasteiger partial charge in [0.15, 0.2) is 0 Å². The SMILES string of the molecule is CC(C)c1ccc(N(C)C(=O)[C@@H](N)Cc2cc(F)cc(F)c2)cn1. The molecule has 0 aliphatic rings. The van der Waals surface area contributed by atoms with Crippen molar-refractivity contribution in [3.05, 3.63) is 59.4 Å². The summed E-state index contributed by atoms with van der Waals surface area (Å²) < 4.78 is 26.4. The Labute approximate surface area is 140 Å². The third-order valence-electron chi connectivity index (χ3n) is 3.78. The number of hydrogen-bond acceptors (Lipinski definition) is 3. The van der Waals surface area contributed by atoms with E-state index in [-0.39, 0.29) is 12.3 Å². The Morgan fingerprint density at radius 3 is 2.33 bits per heavy atom. The normalized spacial score (nSPS) is 12.3. The Kier molecular flexibility index (Phi) is 5.62. The number of anilines is 1. The molecule has 0 radical (unpaired) electrons. The Hall–Kier alpha value is -2.34. The number of carbonyl (C=O) groups is 1. The first-order chi connectivity index (χ1) is 11.3. The molecular weight excluding hydrogens is 312 g/mol. The maximum absolute atomic E-state index is 13.2. The van der Waals surface area contributed by atoms with Crippen LogP contribution < -0.4 is 10.6 Å². The van der Waals surface area contributed by atoms with E-state index < -0.39 is 17.7 Å². The van der Waals surface area contributed by atoms with E-state index >= 15 is 0 Å². The zero-order chi connectivity index (χ0) is 17.9. The third kappa shape index (κ3) is 4.35. The molecule has 1 heterocycles. The van der Waals surface area contributed by atoms with Crippen molar-refractivity contribution in [3.63, 3.8) is 0 Å². The number of likely N-dealkylation sites (N-methyl/N-ethyl adjacent to an activating group) is 1. The fraction of sp³-hybridized carbons (Fsp3) is 0.333. The molecule has 0 saturated carbocycles. The minimum absolute atomic E-state index is 0.0510. The topological polar surface area (TPSA) is 59.2 Å². The molecule has 0 spiro atoms. The van der Waals surface area contributed by atoms with E-state index in [2.05, 4.69) is 4.98 Å². The van der Waals surface area contributed by atoms with Crippen molar-refractivity contribution in [2.45, 2.75) is 32.2 Å². The van der Waals surface area contributed by atoms with Gasteiger partial charge in [0.05, 0.1) is 17.9 Å². The lowest BCUT2D eigenvalue weighted by molar-refractivity contribution is -0.119. The number of nitrogens with zero attached hydrogens (tertiary/aromatic N) is 2. The van der Waals surface area contributed by atoms with Crippen molar-refractivity contribution in [2.75, 3.05) is 11.9 Å². The van der Waals surface area contributed by atoms with E-state index in [4.69, 9.17) is 5.73 Å². The van der Waals surface area contributed by atoms with Crippen molar-refractivity contribution >= 4 is 11.6 Å². The summed E-state index contributed by atoms with van der Waals surface area (Å²) in [6.45, 7) is 4.07. The first-order valence-corrected chi connectivity index (χ1v) is 7.72. The second kappa shape index (κ2) is 7.49. The van der Waals surface area contributed by atoms with Crippen LogP contribution >= 0.6 is 0 Å². The summed E-state index contributed by atoms with van der Waals surface area (Å²) in [5.41, 5.74) is 7.80. The summed E-state index contributed by atoms with van der Waals surface area (Å²) in [5, 5.41) is 0. The van der Waals surface area contributed by atoms with Gasteiger partial charge >= 0.3 is 0 Å². The largest absolute Gasteiger partial charge is 0.320 e. The lowest BCUT2D eigenvalue weighted by Gasteiger charge is -2.21. The van der Waals surface area contributed by atoms with Crippen LogP contribution in [0.2, 0.25) is 0 Å². The molecule has 0 bridgehead atoms. The van der Waals surface area contributed by atoms with Crippen LogP contribution in [0, 0.1) is 11.6 Å². The second-order valence-electron chi connectivity index (χ2n) is 6.08. The fourth-order valence-electron chi connectivity index (χ4n) is 2.38. The van der Waals surface area contributed by atoms with Crippen molar-refractivity contribution in [1.29, 1.82) is 0 Å². The zero-order valence-corrected chi connectivity index (χ0v) is 14.0. The molecule has 24 heavy (non-hydrogen) atoms. The van der Waals surface area contributed by atoms with Crippen molar-refractivity contribution < 1.29 is 13.6 Å². The molecule has 0 fully saturated rings. The maximum atomic E-state index is 13.2. The number of amides is 1. The zero-order valence-electron chi connectivity index (χ0n) is 14.0. The molecule has 1 aromatic heterocycles. The van der Waals surface area contributed by atoms with Crippen LogP contribution in [0.4, 0.5) is 14.5 Å². The second-order valence-corrected chi connectivity index (χ2v) is 6.08. The Bertz CT molecular complexity index is 696. The van der Waals surface area contributed by atoms with E-state index in [1.807, 2.05) is 19.9 Å². The summed E-state index contributed by atoms with van der Waals surface area (Å²) in [6, 6.07) is 5.89. The molecule has 0 saturated heterocycles. The van der Waals surface area contributed by atoms with Crippen LogP contribution in [0.25, 0.3) is 0 Å². The van der Waals surface area contributed by atoms with Gasteiger partial charge in [-0.1, -0.05) is 13.8 Å². The molecule has 1 aromatic carbocycles. The lowest BCUT2D eigenvalue weighted by atomic mass is 10.0. The number of pyridine rings is 1. The quantitative estimate of drug-likeness (QED) is 0.915. The van der Waals surface area contributed by atoms with Gasteiger partial charge in [0.2, 0.25) is 5.91 Å². The molecular formula is C18H21F2N3O. The number of hydrogen-bond donors (Lipinski definition) is 1. The van der Waals surface area contributed by atoms with Crippen molar-refractivity contribution in [2.24, 2.45) is 5.73 Å². The molecule has 0 aliphatic carbocycles. The number of nitrogens with two attached hydrogens (primary N) is 1. The molecule has 1 amide bonds. The first kappa shape index (κ1) is 18.0. The molecule has 4 nitrogen and oxygen atoms in total. The lowest BCUT2D eigenvalue weighted by Crippen LogP contribution is -2.43. The molecule has 0 aliphatic heterocycles. The van der Waals surface area contributed by atoms with Gasteiger partial charge in [0.1, 0.15) is 11.6 Å². The standard InChI is InChI=1S/C18H21F2N3O/c1-11(2)17-5-4-15(10-22-17)23(3)18(24)16(21)8-12-6-13(19)9-14(20)7-12/h4-7,9-11,16H,8,21H2,1-3H3/t16-/m0/s1. The Morgan fingerprint density at radius 1 is 1.21 bits per heavy atom. The highest BCUT2D eigenvalue weighted by atomic mass is 19.1. The summed E-state index contributed by atoms with van der Waals surface area (Å²) in [5.74, 6) is -1.43. The van der Waals surface area contributed by atoms with Crippen LogP contribution in [0.5, 0.6) is 0 Å². The van der Waals surface area contributed by atoms with Gasteiger partial charge in [0.25, 0.3) is 0 Å². The molecule has 6 heteroatoms. The molecule has 1 atom stereocenters. The van der Waals surface area contributed by atoms with Gasteiger partial charge in [-0.2, -0.15) is 0 Å². The number of carbonyl (C=O) groups excluding carboxylic acids is 1. The van der Waals surface area contributed by atoms with Gasteiger partial charge in [0, 0.05) is 18.8 Å². The van der Waals surface area contributed by atoms with E-state index in [9.17, 15) is 13.6 Å². The minimum atomic E-state index is -0.902. The van der Waals surface area contributed by atoms with Gasteiger partial charge in [-0.05, 0) is 42.2 Å². The molecule has 128 valence electrons. The van der Waals surface area contributed by atoms with Crippen LogP contribution in [0.1, 0.15) is 31.0 Å². The van der Waals surface area contributed by atoms with Gasteiger partial charge < -0.3 is 10.6 Å². The average molecular weight is 333 g/mol. The predicted molar refractivity (Wildman–Crippen MR) is 89.8 cm³/mol. The maximum Gasteiger partial charge on any atom is 0.244 e. The van der Waals surface area contributed by atoms with Crippen LogP contribution in [0.15, 0.2) is 36.5 Å². The highest BCUT2D eigenvalue weighted by Crippen LogP contribution is 2.17. The van der Waals surface area contributed by atoms with Crippen molar-refractivity contribution in [3.8, 4) is 0 Å². The molecule has 2 rings (SSSR count). The summed E-state index contributed by atoms with van der Waals surface area (Å²) >= 11 is 0. The van der Waals surface area contributed by atoms with Crippen LogP contribution in [0.3, 0.4) is 0 Å². The van der Waals surface area contributed by atoms with E-state index in [0.717, 1.165) is 11.8 Å². The highest BCUT2D eigenvalue weighted by molar-refractivity contribution is 5.96. The number of rotatable bonds is 5. The van der Waals surface area contributed by atoms with E-state index in [1.54, 1.807) is 19.3 Å². The van der Waals surface area contributed by atoms with Crippen LogP contribution in [-0.4, -0.2) is 24.0 Å². The third-order valence-corrected chi connectivity index (χ3v) is 3.78. The monoisotopic (exact) mass is 333 g/mol. The van der Waals surface area contributed by atoms with E-state index in [1.165, 1.54) is 17.0 Å². The fourth-order valence-corrected chi connectivity index (χ4v) is 2.38. The van der Waals surface area contributed by atoms with Gasteiger partial charge in [-0.15, -0.1) is 0 Å². The molecule has 2 aromatic rings. The van der Waals surface area contributed by atoms with Gasteiger partial charge in [-0.25, -0.2) is 8.78 Å². The van der Waals surface area contributed by atoms with Crippen LogP contribution in [-0.2, 0) is 11.2 Å². The first-order valence-electron chi connectivity index (χ1n) is 7.72. The Morgan fingerprint density at radius 2 is 1.83 bits per heavy atom. The summed E-state index contributed by atoms with van der Waals surface area (Å²) in [7, 11) is 1.60. The number of aromatic nitrogens is 1. The Balaban J connectivity index is 2.08. The predicted octanol–water partition coefficient (Wildman–Crippen LogP) is 3.02. The van der Waals surface area contributed by atoms with E-state index in [0.29, 0.717) is 17.2 Å².